The number of carbonyl (C=O) groups excluding carboxylic acids is 2. The second-order valence-corrected chi connectivity index (χ2v) is 7.85. The molecule has 1 atom stereocenters. The van der Waals surface area contributed by atoms with E-state index in [1.807, 2.05) is 31.1 Å². The number of aliphatic hydroxyl groups is 1. The van der Waals surface area contributed by atoms with Gasteiger partial charge < -0.3 is 19.6 Å². The summed E-state index contributed by atoms with van der Waals surface area (Å²) >= 11 is 1.29. The number of carbonyl (C=O) groups is 2. The van der Waals surface area contributed by atoms with Crippen LogP contribution in [0.1, 0.15) is 27.7 Å². The smallest absolute Gasteiger partial charge is 0.290 e. The number of thiophene rings is 1. The van der Waals surface area contributed by atoms with Gasteiger partial charge in [0.1, 0.15) is 5.75 Å². The Balaban J connectivity index is 2.02. The van der Waals surface area contributed by atoms with Gasteiger partial charge in [0, 0.05) is 6.54 Å². The van der Waals surface area contributed by atoms with E-state index in [4.69, 9.17) is 4.74 Å². The summed E-state index contributed by atoms with van der Waals surface area (Å²) in [6, 6.07) is 10.1. The van der Waals surface area contributed by atoms with Crippen LogP contribution in [0.2, 0.25) is 0 Å². The molecule has 7 heteroatoms. The van der Waals surface area contributed by atoms with Gasteiger partial charge in [0.25, 0.3) is 5.91 Å². The van der Waals surface area contributed by atoms with E-state index < -0.39 is 17.7 Å². The summed E-state index contributed by atoms with van der Waals surface area (Å²) in [6.07, 6.45) is 0.729. The fourth-order valence-electron chi connectivity index (χ4n) is 3.37. The van der Waals surface area contributed by atoms with Crippen molar-refractivity contribution in [3.8, 4) is 5.75 Å². The minimum Gasteiger partial charge on any atom is -0.503 e. The summed E-state index contributed by atoms with van der Waals surface area (Å²) in [5.41, 5.74) is 0.868. The highest BCUT2D eigenvalue weighted by atomic mass is 32.1. The van der Waals surface area contributed by atoms with Gasteiger partial charge in [0.15, 0.2) is 5.76 Å². The minimum atomic E-state index is -0.639. The molecule has 0 spiro atoms. The highest BCUT2D eigenvalue weighted by molar-refractivity contribution is 7.12. The summed E-state index contributed by atoms with van der Waals surface area (Å²) in [4.78, 5) is 30.0. The van der Waals surface area contributed by atoms with Crippen molar-refractivity contribution < 1.29 is 19.4 Å². The molecular formula is C21H24N2O4S. The molecule has 1 aliphatic heterocycles. The van der Waals surface area contributed by atoms with Crippen LogP contribution in [0.15, 0.2) is 53.1 Å². The van der Waals surface area contributed by atoms with Crippen LogP contribution < -0.4 is 4.74 Å². The molecule has 1 amide bonds. The Hall–Kier alpha value is -2.64. The Kier molecular flexibility index (Phi) is 6.16. The molecule has 6 nitrogen and oxygen atoms in total. The average molecular weight is 401 g/mol. The van der Waals surface area contributed by atoms with Gasteiger partial charge in [-0.2, -0.15) is 0 Å². The summed E-state index contributed by atoms with van der Waals surface area (Å²) in [5, 5.41) is 12.4. The van der Waals surface area contributed by atoms with Crippen LogP contribution in [-0.4, -0.2) is 60.9 Å². The fourth-order valence-corrected chi connectivity index (χ4v) is 4.05. The van der Waals surface area contributed by atoms with Crippen molar-refractivity contribution in [2.75, 3.05) is 34.3 Å². The normalized spacial score (nSPS) is 16.9. The maximum atomic E-state index is 13.1. The van der Waals surface area contributed by atoms with Crippen molar-refractivity contribution in [2.24, 2.45) is 0 Å². The number of ether oxygens (including phenoxy) is 1. The van der Waals surface area contributed by atoms with Crippen LogP contribution in [-0.2, 0) is 4.79 Å². The zero-order valence-corrected chi connectivity index (χ0v) is 17.0. The first kappa shape index (κ1) is 20.1. The van der Waals surface area contributed by atoms with E-state index in [-0.39, 0.29) is 11.4 Å². The summed E-state index contributed by atoms with van der Waals surface area (Å²) in [7, 11) is 5.50. The van der Waals surface area contributed by atoms with Crippen molar-refractivity contribution in [3.05, 3.63) is 63.6 Å². The van der Waals surface area contributed by atoms with Gasteiger partial charge >= 0.3 is 0 Å². The lowest BCUT2D eigenvalue weighted by Crippen LogP contribution is -2.33. The number of rotatable bonds is 8. The lowest BCUT2D eigenvalue weighted by Gasteiger charge is -2.27. The average Bonchev–Trinajstić information content (AvgIpc) is 3.30. The molecule has 0 bridgehead atoms. The zero-order valence-electron chi connectivity index (χ0n) is 16.2. The molecule has 0 saturated carbocycles. The lowest BCUT2D eigenvalue weighted by atomic mass is 9.95. The van der Waals surface area contributed by atoms with Gasteiger partial charge in [-0.05, 0) is 56.2 Å². The molecule has 2 aromatic rings. The molecule has 0 fully saturated rings. The number of Topliss-reactive ketones (excluding diaryl/α,β-unsaturated/α-hetero) is 1. The number of hydrogen-bond acceptors (Lipinski definition) is 6. The van der Waals surface area contributed by atoms with Gasteiger partial charge in [-0.3, -0.25) is 9.59 Å². The SMILES string of the molecule is COc1cccc(C2C(C(=O)c3cccs3)=C(O)C(=O)N2CCCN(C)C)c1. The standard InChI is InChI=1S/C21H24N2O4S/c1-22(2)10-6-11-23-18(14-7-4-8-15(13-14)27-3)17(20(25)21(23)26)19(24)16-9-5-12-28-16/h4-5,7-9,12-13,18,25H,6,10-11H2,1-3H3. The first-order valence-electron chi connectivity index (χ1n) is 9.05. The summed E-state index contributed by atoms with van der Waals surface area (Å²) < 4.78 is 5.31. The van der Waals surface area contributed by atoms with Crippen molar-refractivity contribution in [3.63, 3.8) is 0 Å². The Morgan fingerprint density at radius 2 is 2.07 bits per heavy atom. The Labute approximate surface area is 168 Å². The van der Waals surface area contributed by atoms with E-state index >= 15 is 0 Å². The van der Waals surface area contributed by atoms with E-state index in [0.717, 1.165) is 18.5 Å². The van der Waals surface area contributed by atoms with Gasteiger partial charge in [0.05, 0.1) is 23.6 Å². The van der Waals surface area contributed by atoms with E-state index in [1.54, 1.807) is 41.7 Å². The molecule has 28 heavy (non-hydrogen) atoms. The molecule has 0 saturated heterocycles. The Morgan fingerprint density at radius 1 is 1.29 bits per heavy atom. The Bertz CT molecular complexity index is 890. The van der Waals surface area contributed by atoms with Crippen LogP contribution in [0.3, 0.4) is 0 Å². The topological polar surface area (TPSA) is 70.1 Å². The van der Waals surface area contributed by atoms with Crippen molar-refractivity contribution in [1.29, 1.82) is 0 Å². The van der Waals surface area contributed by atoms with Crippen molar-refractivity contribution >= 4 is 23.0 Å². The molecule has 0 radical (unpaired) electrons. The van der Waals surface area contributed by atoms with Crippen molar-refractivity contribution in [2.45, 2.75) is 12.5 Å². The first-order chi connectivity index (χ1) is 13.4. The van der Waals surface area contributed by atoms with Gasteiger partial charge in [0.2, 0.25) is 5.78 Å². The number of benzene rings is 1. The third-order valence-electron chi connectivity index (χ3n) is 4.71. The first-order valence-corrected chi connectivity index (χ1v) is 9.93. The molecule has 1 aliphatic rings. The van der Waals surface area contributed by atoms with Crippen LogP contribution in [0.25, 0.3) is 0 Å². The predicted molar refractivity (Wildman–Crippen MR) is 109 cm³/mol. The maximum Gasteiger partial charge on any atom is 0.290 e. The molecule has 2 heterocycles. The highest BCUT2D eigenvalue weighted by Gasteiger charge is 2.43. The maximum absolute atomic E-state index is 13.1. The fraction of sp³-hybridized carbons (Fsp3) is 0.333. The monoisotopic (exact) mass is 400 g/mol. The van der Waals surface area contributed by atoms with Crippen LogP contribution >= 0.6 is 11.3 Å². The Morgan fingerprint density at radius 3 is 2.71 bits per heavy atom. The molecule has 1 N–H and O–H groups in total. The third-order valence-corrected chi connectivity index (χ3v) is 5.58. The molecular weight excluding hydrogens is 376 g/mol. The second-order valence-electron chi connectivity index (χ2n) is 6.90. The minimum absolute atomic E-state index is 0.130. The third kappa shape index (κ3) is 3.95. The van der Waals surface area contributed by atoms with Crippen LogP contribution in [0, 0.1) is 0 Å². The summed E-state index contributed by atoms with van der Waals surface area (Å²) in [6.45, 7) is 1.23. The summed E-state index contributed by atoms with van der Waals surface area (Å²) in [5.74, 6) is -0.654. The molecule has 0 aliphatic carbocycles. The van der Waals surface area contributed by atoms with Gasteiger partial charge in [-0.15, -0.1) is 11.3 Å². The van der Waals surface area contributed by atoms with Crippen molar-refractivity contribution in [1.82, 2.24) is 9.80 Å². The van der Waals surface area contributed by atoms with Crippen LogP contribution in [0.4, 0.5) is 0 Å². The second kappa shape index (κ2) is 8.58. The highest BCUT2D eigenvalue weighted by Crippen LogP contribution is 2.40. The zero-order chi connectivity index (χ0) is 20.3. The largest absolute Gasteiger partial charge is 0.503 e. The molecule has 1 unspecified atom stereocenters. The van der Waals surface area contributed by atoms with E-state index in [2.05, 4.69) is 0 Å². The number of methoxy groups -OCH3 is 1. The predicted octanol–water partition coefficient (Wildman–Crippen LogP) is 3.29. The number of amides is 1. The number of ketones is 1. The molecule has 1 aromatic heterocycles. The van der Waals surface area contributed by atoms with Gasteiger partial charge in [-0.25, -0.2) is 0 Å². The quantitative estimate of drug-likeness (QED) is 0.689. The lowest BCUT2D eigenvalue weighted by molar-refractivity contribution is -0.129. The van der Waals surface area contributed by atoms with E-state index in [1.165, 1.54) is 11.3 Å². The number of nitrogens with zero attached hydrogens (tertiary/aromatic N) is 2. The molecule has 1 aromatic carbocycles. The van der Waals surface area contributed by atoms with Gasteiger partial charge in [-0.1, -0.05) is 18.2 Å². The van der Waals surface area contributed by atoms with Crippen LogP contribution in [0.5, 0.6) is 5.75 Å². The van der Waals surface area contributed by atoms with E-state index in [0.29, 0.717) is 17.2 Å². The number of hydrogen-bond donors (Lipinski definition) is 1. The van der Waals surface area contributed by atoms with E-state index in [9.17, 15) is 14.7 Å². The number of aliphatic hydroxyl groups excluding tert-OH is 1. The molecule has 148 valence electrons. The molecule has 3 rings (SSSR count).